The maximum atomic E-state index is 12.6. The van der Waals surface area contributed by atoms with Crippen LogP contribution in [0.4, 0.5) is 0 Å². The first-order valence-corrected chi connectivity index (χ1v) is 8.90. The van der Waals surface area contributed by atoms with Crippen molar-refractivity contribution in [3.8, 4) is 5.75 Å². The van der Waals surface area contributed by atoms with Crippen LogP contribution in [0.2, 0.25) is 0 Å². The molecule has 0 bridgehead atoms. The summed E-state index contributed by atoms with van der Waals surface area (Å²) < 4.78 is 23.3. The molecular weight excluding hydrogens is 326 g/mol. The first-order valence-electron chi connectivity index (χ1n) is 7.58. The molecule has 24 heavy (non-hydrogen) atoms. The molecule has 126 valence electrons. The Bertz CT molecular complexity index is 789. The number of ether oxygens (including phenoxy) is 2. The number of rotatable bonds is 7. The Hall–Kier alpha value is -2.09. The molecule has 7 heteroatoms. The Morgan fingerprint density at radius 3 is 2.83 bits per heavy atom. The molecule has 0 radical (unpaired) electrons. The van der Waals surface area contributed by atoms with Gasteiger partial charge < -0.3 is 14.0 Å². The summed E-state index contributed by atoms with van der Waals surface area (Å²) in [5.41, 5.74) is 3.31. The van der Waals surface area contributed by atoms with Crippen molar-refractivity contribution in [2.75, 3.05) is 20.3 Å². The normalized spacial score (nSPS) is 12.5. The molecule has 0 saturated carbocycles. The van der Waals surface area contributed by atoms with E-state index in [1.807, 2.05) is 31.2 Å². The number of methoxy groups -OCH3 is 1. The number of hydrogen-bond donors (Lipinski definition) is 1. The highest BCUT2D eigenvalue weighted by molar-refractivity contribution is 7.90. The van der Waals surface area contributed by atoms with Crippen LogP contribution in [0.15, 0.2) is 41.7 Å². The Kier molecular flexibility index (Phi) is 5.34. The molecule has 1 unspecified atom stereocenters. The van der Waals surface area contributed by atoms with Crippen molar-refractivity contribution < 1.29 is 14.0 Å². The van der Waals surface area contributed by atoms with E-state index >= 15 is 0 Å². The molecule has 0 spiro atoms. The summed E-state index contributed by atoms with van der Waals surface area (Å²) in [6, 6.07) is 9.43. The van der Waals surface area contributed by atoms with Crippen LogP contribution >= 0.6 is 0 Å². The summed E-state index contributed by atoms with van der Waals surface area (Å²) in [4.78, 5) is 11.8. The number of fused-ring (bicyclic) bond motifs is 1. The maximum Gasteiger partial charge on any atom is 0.322 e. The predicted molar refractivity (Wildman–Crippen MR) is 92.6 cm³/mol. The molecule has 6 nitrogen and oxygen atoms in total. The van der Waals surface area contributed by atoms with E-state index in [9.17, 15) is 4.55 Å². The minimum atomic E-state index is -1.30. The van der Waals surface area contributed by atoms with Crippen LogP contribution in [0.3, 0.4) is 0 Å². The number of aromatic amines is 1. The molecule has 2 heterocycles. The molecule has 2 aromatic heterocycles. The SMILES string of the molecule is COCCOc1ccnc(C[S+]([O-])c2nc3ccccc3[nH]2)c1C. The number of benzene rings is 1. The van der Waals surface area contributed by atoms with Crippen molar-refractivity contribution in [2.24, 2.45) is 0 Å². The highest BCUT2D eigenvalue weighted by Crippen LogP contribution is 2.23. The van der Waals surface area contributed by atoms with Gasteiger partial charge in [-0.2, -0.15) is 4.98 Å². The summed E-state index contributed by atoms with van der Waals surface area (Å²) in [7, 11) is 1.63. The molecular formula is C17H19N3O3S. The fourth-order valence-electron chi connectivity index (χ4n) is 2.33. The smallest absolute Gasteiger partial charge is 0.322 e. The van der Waals surface area contributed by atoms with Crippen molar-refractivity contribution >= 4 is 22.2 Å². The van der Waals surface area contributed by atoms with E-state index < -0.39 is 11.2 Å². The number of imidazole rings is 1. The second-order valence-electron chi connectivity index (χ2n) is 5.27. The van der Waals surface area contributed by atoms with Gasteiger partial charge in [-0.15, -0.1) is 0 Å². The van der Waals surface area contributed by atoms with Gasteiger partial charge in [-0.1, -0.05) is 12.1 Å². The lowest BCUT2D eigenvalue weighted by atomic mass is 10.2. The molecule has 0 aliphatic heterocycles. The van der Waals surface area contributed by atoms with E-state index in [0.717, 1.165) is 28.0 Å². The van der Waals surface area contributed by atoms with Gasteiger partial charge in [0.15, 0.2) is 5.75 Å². The van der Waals surface area contributed by atoms with Crippen molar-refractivity contribution in [1.29, 1.82) is 0 Å². The highest BCUT2D eigenvalue weighted by atomic mass is 32.2. The van der Waals surface area contributed by atoms with Gasteiger partial charge in [-0.05, 0) is 25.1 Å². The number of aromatic nitrogens is 3. The van der Waals surface area contributed by atoms with Crippen molar-refractivity contribution in [2.45, 2.75) is 17.8 Å². The van der Waals surface area contributed by atoms with Crippen LogP contribution in [0.25, 0.3) is 11.0 Å². The monoisotopic (exact) mass is 345 g/mol. The number of H-pyrrole nitrogens is 1. The number of pyridine rings is 1. The lowest BCUT2D eigenvalue weighted by Gasteiger charge is -2.12. The van der Waals surface area contributed by atoms with Gasteiger partial charge in [-0.3, -0.25) is 9.97 Å². The van der Waals surface area contributed by atoms with Gasteiger partial charge in [0.2, 0.25) is 0 Å². The van der Waals surface area contributed by atoms with E-state index in [1.54, 1.807) is 19.4 Å². The third kappa shape index (κ3) is 3.69. The van der Waals surface area contributed by atoms with E-state index in [2.05, 4.69) is 15.0 Å². The third-order valence-electron chi connectivity index (χ3n) is 3.65. The molecule has 0 amide bonds. The van der Waals surface area contributed by atoms with Gasteiger partial charge in [0, 0.05) is 30.0 Å². The Balaban J connectivity index is 1.76. The zero-order valence-electron chi connectivity index (χ0n) is 13.6. The van der Waals surface area contributed by atoms with Crippen LogP contribution in [0.5, 0.6) is 5.75 Å². The minimum absolute atomic E-state index is 0.285. The van der Waals surface area contributed by atoms with Gasteiger partial charge >= 0.3 is 5.16 Å². The number of nitrogens with zero attached hydrogens (tertiary/aromatic N) is 2. The first-order chi connectivity index (χ1) is 11.7. The summed E-state index contributed by atoms with van der Waals surface area (Å²) in [6.45, 7) is 2.90. The maximum absolute atomic E-state index is 12.6. The van der Waals surface area contributed by atoms with Gasteiger partial charge in [-0.25, -0.2) is 0 Å². The Labute approximate surface area is 143 Å². The average molecular weight is 345 g/mol. The van der Waals surface area contributed by atoms with Crippen LogP contribution in [-0.2, 0) is 21.7 Å². The molecule has 1 atom stereocenters. The molecule has 0 saturated heterocycles. The van der Waals surface area contributed by atoms with E-state index in [-0.39, 0.29) is 5.75 Å². The zero-order chi connectivity index (χ0) is 16.9. The molecule has 0 fully saturated rings. The Morgan fingerprint density at radius 1 is 1.21 bits per heavy atom. The van der Waals surface area contributed by atoms with Gasteiger partial charge in [0.05, 0.1) is 23.3 Å². The molecule has 0 aliphatic rings. The predicted octanol–water partition coefficient (Wildman–Crippen LogP) is 2.60. The molecule has 1 N–H and O–H groups in total. The number of para-hydroxylation sites is 2. The third-order valence-corrected chi connectivity index (χ3v) is 4.82. The second kappa shape index (κ2) is 7.65. The van der Waals surface area contributed by atoms with E-state index in [4.69, 9.17) is 9.47 Å². The fraction of sp³-hybridized carbons (Fsp3) is 0.294. The Morgan fingerprint density at radius 2 is 2.04 bits per heavy atom. The number of nitrogens with one attached hydrogen (secondary N) is 1. The lowest BCUT2D eigenvalue weighted by Crippen LogP contribution is -2.11. The van der Waals surface area contributed by atoms with Crippen molar-refractivity contribution in [3.05, 3.63) is 47.8 Å². The fourth-order valence-corrected chi connectivity index (χ4v) is 3.43. The van der Waals surface area contributed by atoms with Crippen LogP contribution < -0.4 is 4.74 Å². The molecule has 3 rings (SSSR count). The lowest BCUT2D eigenvalue weighted by molar-refractivity contribution is 0.146. The average Bonchev–Trinajstić information content (AvgIpc) is 3.02. The van der Waals surface area contributed by atoms with Crippen LogP contribution in [0, 0.1) is 6.92 Å². The van der Waals surface area contributed by atoms with Crippen molar-refractivity contribution in [3.63, 3.8) is 0 Å². The largest absolute Gasteiger partial charge is 0.609 e. The molecule has 1 aromatic carbocycles. The highest BCUT2D eigenvalue weighted by Gasteiger charge is 2.20. The van der Waals surface area contributed by atoms with Gasteiger partial charge in [0.1, 0.15) is 12.4 Å². The number of hydrogen-bond acceptors (Lipinski definition) is 5. The summed E-state index contributed by atoms with van der Waals surface area (Å²) in [5.74, 6) is 1.02. The quantitative estimate of drug-likeness (QED) is 0.526. The second-order valence-corrected chi connectivity index (χ2v) is 6.64. The molecule has 3 aromatic rings. The summed E-state index contributed by atoms with van der Waals surface area (Å²) in [6.07, 6.45) is 1.67. The zero-order valence-corrected chi connectivity index (χ0v) is 14.4. The van der Waals surface area contributed by atoms with E-state index in [1.165, 1.54) is 0 Å². The standard InChI is InChI=1S/C17H19N3O3S/c1-12-15(18-8-7-16(12)23-10-9-22-2)11-24(21)17-19-13-5-3-4-6-14(13)20-17/h3-8H,9-11H2,1-2H3,(H,19,20). The first kappa shape index (κ1) is 16.8. The topological polar surface area (TPSA) is 83.1 Å². The van der Waals surface area contributed by atoms with Crippen LogP contribution in [0.1, 0.15) is 11.3 Å². The van der Waals surface area contributed by atoms with E-state index in [0.29, 0.717) is 18.4 Å². The minimum Gasteiger partial charge on any atom is -0.609 e. The summed E-state index contributed by atoms with van der Waals surface area (Å²) in [5, 5.41) is 0.461. The molecule has 0 aliphatic carbocycles. The van der Waals surface area contributed by atoms with Crippen LogP contribution in [-0.4, -0.2) is 39.8 Å². The van der Waals surface area contributed by atoms with Gasteiger partial charge in [0.25, 0.3) is 0 Å². The summed E-state index contributed by atoms with van der Waals surface area (Å²) >= 11 is -1.30. The van der Waals surface area contributed by atoms with Crippen molar-refractivity contribution in [1.82, 2.24) is 15.0 Å².